The summed E-state index contributed by atoms with van der Waals surface area (Å²) in [4.78, 5) is 14.4. The highest BCUT2D eigenvalue weighted by molar-refractivity contribution is 5.90. The number of carbonyl (C=O) groups excluding carboxylic acids is 1. The number of benzene rings is 2. The van der Waals surface area contributed by atoms with E-state index in [4.69, 9.17) is 4.74 Å². The van der Waals surface area contributed by atoms with E-state index in [9.17, 15) is 4.79 Å². The average molecular weight is 341 g/mol. The zero-order valence-corrected chi connectivity index (χ0v) is 15.4. The quantitative estimate of drug-likeness (QED) is 0.809. The van der Waals surface area contributed by atoms with E-state index in [-0.39, 0.29) is 12.1 Å². The predicted octanol–water partition coefficient (Wildman–Crippen LogP) is 3.57. The summed E-state index contributed by atoms with van der Waals surface area (Å²) < 4.78 is 5.17. The molecule has 0 aliphatic carbocycles. The molecule has 5 nitrogen and oxygen atoms in total. The number of hydrogen-bond acceptors (Lipinski definition) is 3. The first-order valence-corrected chi connectivity index (χ1v) is 8.36. The number of nitrogens with one attached hydrogen (secondary N) is 2. The normalized spacial score (nSPS) is 12.0. The smallest absolute Gasteiger partial charge is 0.319 e. The van der Waals surface area contributed by atoms with Crippen molar-refractivity contribution in [3.05, 3.63) is 65.2 Å². The van der Waals surface area contributed by atoms with E-state index in [0.717, 1.165) is 11.3 Å². The van der Waals surface area contributed by atoms with Crippen LogP contribution in [-0.4, -0.2) is 38.7 Å². The number of rotatable bonds is 7. The van der Waals surface area contributed by atoms with Crippen LogP contribution in [0.15, 0.2) is 48.5 Å². The molecule has 2 N–H and O–H groups in total. The molecule has 2 amide bonds. The molecular formula is C20H27N3O2. The lowest BCUT2D eigenvalue weighted by Gasteiger charge is -2.25. The Bertz CT molecular complexity index is 684. The van der Waals surface area contributed by atoms with Gasteiger partial charge in [0.1, 0.15) is 0 Å². The number of carbonyl (C=O) groups is 1. The number of nitrogens with zero attached hydrogens (tertiary/aromatic N) is 1. The van der Waals surface area contributed by atoms with Crippen molar-refractivity contribution in [1.82, 2.24) is 10.2 Å². The fraction of sp³-hybridized carbons (Fsp3) is 0.350. The molecule has 25 heavy (non-hydrogen) atoms. The highest BCUT2D eigenvalue weighted by Gasteiger charge is 2.15. The molecule has 0 aliphatic rings. The van der Waals surface area contributed by atoms with Gasteiger partial charge < -0.3 is 20.3 Å². The fourth-order valence-electron chi connectivity index (χ4n) is 2.67. The second-order valence-corrected chi connectivity index (χ2v) is 6.32. The fourth-order valence-corrected chi connectivity index (χ4v) is 2.67. The van der Waals surface area contributed by atoms with Gasteiger partial charge in [-0.2, -0.15) is 0 Å². The van der Waals surface area contributed by atoms with Gasteiger partial charge in [0.15, 0.2) is 0 Å². The number of amides is 2. The molecule has 2 rings (SSSR count). The van der Waals surface area contributed by atoms with E-state index < -0.39 is 0 Å². The number of methoxy groups -OCH3 is 1. The molecule has 0 saturated carbocycles. The van der Waals surface area contributed by atoms with Crippen LogP contribution < -0.4 is 10.6 Å². The first-order chi connectivity index (χ1) is 12.0. The molecule has 0 heterocycles. The summed E-state index contributed by atoms with van der Waals surface area (Å²) in [6.07, 6.45) is 0. The zero-order chi connectivity index (χ0) is 18.2. The van der Waals surface area contributed by atoms with Crippen molar-refractivity contribution in [3.8, 4) is 0 Å². The van der Waals surface area contributed by atoms with Crippen LogP contribution in [-0.2, 0) is 11.3 Å². The van der Waals surface area contributed by atoms with Crippen LogP contribution >= 0.6 is 0 Å². The van der Waals surface area contributed by atoms with E-state index in [1.165, 1.54) is 11.1 Å². The van der Waals surface area contributed by atoms with Gasteiger partial charge in [-0.1, -0.05) is 48.0 Å². The summed E-state index contributed by atoms with van der Waals surface area (Å²) in [5.41, 5.74) is 4.11. The highest BCUT2D eigenvalue weighted by atomic mass is 16.5. The third-order valence-electron chi connectivity index (χ3n) is 4.11. The van der Waals surface area contributed by atoms with Gasteiger partial charge in [-0.25, -0.2) is 4.79 Å². The van der Waals surface area contributed by atoms with Crippen LogP contribution in [0.25, 0.3) is 0 Å². The minimum absolute atomic E-state index is 0.112. The van der Waals surface area contributed by atoms with E-state index in [0.29, 0.717) is 13.2 Å². The Kier molecular flexibility index (Phi) is 6.98. The molecule has 5 heteroatoms. The highest BCUT2D eigenvalue weighted by Crippen LogP contribution is 2.19. The van der Waals surface area contributed by atoms with E-state index in [1.807, 2.05) is 38.4 Å². The van der Waals surface area contributed by atoms with Crippen LogP contribution in [0.4, 0.5) is 10.5 Å². The standard InChI is InChI=1S/C20H27N3O2/c1-15-9-11-16(12-10-15)19(23(2)3)13-21-20(24)22-18-8-6-5-7-17(18)14-25-4/h5-12,19H,13-14H2,1-4H3,(H2,21,22,24)/t19-/m1/s1. The predicted molar refractivity (Wildman–Crippen MR) is 102 cm³/mol. The van der Waals surface area contributed by atoms with Gasteiger partial charge in [-0.15, -0.1) is 0 Å². The number of aryl methyl sites for hydroxylation is 1. The Hall–Kier alpha value is -2.37. The topological polar surface area (TPSA) is 53.6 Å². The summed E-state index contributed by atoms with van der Waals surface area (Å²) in [6, 6.07) is 15.9. The molecule has 0 saturated heterocycles. The summed E-state index contributed by atoms with van der Waals surface area (Å²) in [5.74, 6) is 0. The molecule has 0 bridgehead atoms. The van der Waals surface area contributed by atoms with Gasteiger partial charge in [0.05, 0.1) is 12.6 Å². The summed E-state index contributed by atoms with van der Waals surface area (Å²) in [6.45, 7) is 3.05. The summed E-state index contributed by atoms with van der Waals surface area (Å²) >= 11 is 0. The SMILES string of the molecule is COCc1ccccc1NC(=O)NC[C@H](c1ccc(C)cc1)N(C)C. The molecule has 2 aromatic carbocycles. The molecule has 134 valence electrons. The third kappa shape index (κ3) is 5.59. The molecule has 0 fully saturated rings. The zero-order valence-electron chi connectivity index (χ0n) is 15.4. The van der Waals surface area contributed by atoms with Gasteiger partial charge >= 0.3 is 6.03 Å². The largest absolute Gasteiger partial charge is 0.380 e. The van der Waals surface area contributed by atoms with Crippen LogP contribution in [0.2, 0.25) is 0 Å². The van der Waals surface area contributed by atoms with Gasteiger partial charge in [0.25, 0.3) is 0 Å². The number of urea groups is 1. The lowest BCUT2D eigenvalue weighted by molar-refractivity contribution is 0.185. The van der Waals surface area contributed by atoms with Gasteiger partial charge in [0.2, 0.25) is 0 Å². The maximum atomic E-state index is 12.3. The lowest BCUT2D eigenvalue weighted by Crippen LogP contribution is -2.37. The summed E-state index contributed by atoms with van der Waals surface area (Å²) in [5, 5.41) is 5.86. The molecule has 0 aromatic heterocycles. The average Bonchev–Trinajstić information content (AvgIpc) is 2.58. The molecule has 1 atom stereocenters. The van der Waals surface area contributed by atoms with Crippen molar-refractivity contribution in [3.63, 3.8) is 0 Å². The Morgan fingerprint density at radius 3 is 2.44 bits per heavy atom. The Morgan fingerprint density at radius 1 is 1.12 bits per heavy atom. The first-order valence-electron chi connectivity index (χ1n) is 8.36. The number of hydrogen-bond donors (Lipinski definition) is 2. The van der Waals surface area contributed by atoms with Crippen molar-refractivity contribution in [1.29, 1.82) is 0 Å². The van der Waals surface area contributed by atoms with E-state index >= 15 is 0 Å². The second kappa shape index (κ2) is 9.20. The van der Waals surface area contributed by atoms with E-state index in [1.54, 1.807) is 7.11 Å². The maximum absolute atomic E-state index is 12.3. The third-order valence-corrected chi connectivity index (χ3v) is 4.11. The van der Waals surface area contributed by atoms with Crippen molar-refractivity contribution in [2.75, 3.05) is 33.1 Å². The van der Waals surface area contributed by atoms with Gasteiger partial charge in [0, 0.05) is 24.9 Å². The number of likely N-dealkylation sites (N-methyl/N-ethyl adjacent to an activating group) is 1. The van der Waals surface area contributed by atoms with Crippen molar-refractivity contribution < 1.29 is 9.53 Å². The lowest BCUT2D eigenvalue weighted by atomic mass is 10.0. The van der Waals surface area contributed by atoms with Crippen LogP contribution in [0.5, 0.6) is 0 Å². The maximum Gasteiger partial charge on any atom is 0.319 e. The Balaban J connectivity index is 1.99. The first kappa shape index (κ1) is 19.0. The van der Waals surface area contributed by atoms with Crippen molar-refractivity contribution >= 4 is 11.7 Å². The molecular weight excluding hydrogens is 314 g/mol. The minimum Gasteiger partial charge on any atom is -0.380 e. The number of ether oxygens (including phenoxy) is 1. The number of anilines is 1. The molecule has 0 unspecified atom stereocenters. The van der Waals surface area contributed by atoms with Crippen molar-refractivity contribution in [2.45, 2.75) is 19.6 Å². The van der Waals surface area contributed by atoms with Crippen molar-refractivity contribution in [2.24, 2.45) is 0 Å². The number of para-hydroxylation sites is 1. The molecule has 0 aliphatic heterocycles. The van der Waals surface area contributed by atoms with Crippen LogP contribution in [0.1, 0.15) is 22.7 Å². The molecule has 0 spiro atoms. The minimum atomic E-state index is -0.220. The van der Waals surface area contributed by atoms with Gasteiger partial charge in [-0.05, 0) is 32.6 Å². The van der Waals surface area contributed by atoms with Gasteiger partial charge in [-0.3, -0.25) is 0 Å². The monoisotopic (exact) mass is 341 g/mol. The Morgan fingerprint density at radius 2 is 1.80 bits per heavy atom. The van der Waals surface area contributed by atoms with E-state index in [2.05, 4.69) is 46.7 Å². The second-order valence-electron chi connectivity index (χ2n) is 6.32. The van der Waals surface area contributed by atoms with Crippen LogP contribution in [0.3, 0.4) is 0 Å². The summed E-state index contributed by atoms with van der Waals surface area (Å²) in [7, 11) is 5.66. The Labute approximate surface area is 150 Å². The van der Waals surface area contributed by atoms with Crippen LogP contribution in [0, 0.1) is 6.92 Å². The molecule has 2 aromatic rings. The molecule has 0 radical (unpaired) electrons.